The zero-order valence-corrected chi connectivity index (χ0v) is 9.16. The summed E-state index contributed by atoms with van der Waals surface area (Å²) in [5.74, 6) is 1.06. The zero-order chi connectivity index (χ0) is 10.6. The molecule has 2 N–H and O–H groups in total. The molecule has 4 nitrogen and oxygen atoms in total. The molecule has 1 saturated heterocycles. The van der Waals surface area contributed by atoms with Crippen LogP contribution in [-0.2, 0) is 0 Å². The first-order valence-electron chi connectivity index (χ1n) is 5.31. The van der Waals surface area contributed by atoms with E-state index in [4.69, 9.17) is 10.5 Å². The molecule has 0 amide bonds. The van der Waals surface area contributed by atoms with Crippen LogP contribution in [0.15, 0.2) is 0 Å². The van der Waals surface area contributed by atoms with Gasteiger partial charge in [0.15, 0.2) is 0 Å². The molecule has 0 bridgehead atoms. The number of aliphatic hydroxyl groups is 1. The second-order valence-corrected chi connectivity index (χ2v) is 4.09. The van der Waals surface area contributed by atoms with Crippen LogP contribution in [-0.4, -0.2) is 60.1 Å². The molecular formula is C10H21N3O. The number of aliphatic hydroxyl groups excluding tert-OH is 1. The maximum absolute atomic E-state index is 8.78. The fourth-order valence-electron chi connectivity index (χ4n) is 1.72. The van der Waals surface area contributed by atoms with E-state index in [0.29, 0.717) is 5.92 Å². The minimum absolute atomic E-state index is 0.238. The van der Waals surface area contributed by atoms with Gasteiger partial charge in [0.1, 0.15) is 0 Å². The first-order chi connectivity index (χ1) is 6.65. The van der Waals surface area contributed by atoms with E-state index in [1.54, 1.807) is 0 Å². The van der Waals surface area contributed by atoms with Gasteiger partial charge < -0.3 is 10.0 Å². The molecule has 0 aromatic heterocycles. The van der Waals surface area contributed by atoms with E-state index < -0.39 is 0 Å². The Kier molecular flexibility index (Phi) is 4.35. The monoisotopic (exact) mass is 199 g/mol. The number of rotatable bonds is 3. The lowest BCUT2D eigenvalue weighted by Gasteiger charge is -2.36. The summed E-state index contributed by atoms with van der Waals surface area (Å²) in [5, 5.41) is 16.6. The van der Waals surface area contributed by atoms with Crippen molar-refractivity contribution in [1.82, 2.24) is 9.80 Å². The van der Waals surface area contributed by atoms with Crippen molar-refractivity contribution in [2.45, 2.75) is 13.8 Å². The maximum Gasteiger partial charge on any atom is 0.0984 e. The molecule has 0 unspecified atom stereocenters. The standard InChI is InChI=1S/C10H21N3O/c1-9(2)10(11)13-5-3-12(4-6-13)7-8-14/h9,11,14H,3-8H2,1-2H3. The molecule has 1 rings (SSSR count). The van der Waals surface area contributed by atoms with Crippen LogP contribution in [0.5, 0.6) is 0 Å². The van der Waals surface area contributed by atoms with E-state index in [-0.39, 0.29) is 6.61 Å². The number of nitrogens with one attached hydrogen (secondary N) is 1. The van der Waals surface area contributed by atoms with Gasteiger partial charge in [-0.3, -0.25) is 10.3 Å². The van der Waals surface area contributed by atoms with Crippen LogP contribution >= 0.6 is 0 Å². The quantitative estimate of drug-likeness (QED) is 0.505. The summed E-state index contributed by atoms with van der Waals surface area (Å²) < 4.78 is 0. The lowest BCUT2D eigenvalue weighted by molar-refractivity contribution is 0.144. The minimum Gasteiger partial charge on any atom is -0.395 e. The van der Waals surface area contributed by atoms with Crippen molar-refractivity contribution in [3.05, 3.63) is 0 Å². The van der Waals surface area contributed by atoms with Crippen molar-refractivity contribution in [3.8, 4) is 0 Å². The van der Waals surface area contributed by atoms with Crippen molar-refractivity contribution < 1.29 is 5.11 Å². The van der Waals surface area contributed by atoms with Crippen molar-refractivity contribution in [3.63, 3.8) is 0 Å². The Morgan fingerprint density at radius 1 is 1.29 bits per heavy atom. The molecule has 1 heterocycles. The second kappa shape index (κ2) is 5.32. The van der Waals surface area contributed by atoms with Gasteiger partial charge in [-0.1, -0.05) is 13.8 Å². The highest BCUT2D eigenvalue weighted by Gasteiger charge is 2.19. The van der Waals surface area contributed by atoms with E-state index in [9.17, 15) is 0 Å². The van der Waals surface area contributed by atoms with Crippen LogP contribution in [0.25, 0.3) is 0 Å². The van der Waals surface area contributed by atoms with Gasteiger partial charge in [-0.2, -0.15) is 0 Å². The Bertz CT molecular complexity index is 186. The summed E-state index contributed by atoms with van der Waals surface area (Å²) in [6.07, 6.45) is 0. The van der Waals surface area contributed by atoms with E-state index in [1.165, 1.54) is 0 Å². The van der Waals surface area contributed by atoms with Crippen LogP contribution < -0.4 is 0 Å². The number of hydrogen-bond donors (Lipinski definition) is 2. The summed E-state index contributed by atoms with van der Waals surface area (Å²) in [5.41, 5.74) is 0. The topological polar surface area (TPSA) is 50.6 Å². The van der Waals surface area contributed by atoms with Gasteiger partial charge in [0.25, 0.3) is 0 Å². The van der Waals surface area contributed by atoms with Gasteiger partial charge in [-0.25, -0.2) is 0 Å². The Morgan fingerprint density at radius 3 is 2.29 bits per heavy atom. The largest absolute Gasteiger partial charge is 0.395 e. The highest BCUT2D eigenvalue weighted by Crippen LogP contribution is 2.06. The number of β-amino-alcohol motifs (C(OH)–C–C–N with tert-alkyl or cyclic N) is 1. The van der Waals surface area contributed by atoms with Gasteiger partial charge in [0.2, 0.25) is 0 Å². The predicted molar refractivity (Wildman–Crippen MR) is 57.7 cm³/mol. The van der Waals surface area contributed by atoms with E-state index in [2.05, 4.69) is 23.6 Å². The fourth-order valence-corrected chi connectivity index (χ4v) is 1.72. The summed E-state index contributed by atoms with van der Waals surface area (Å²) >= 11 is 0. The number of hydrogen-bond acceptors (Lipinski definition) is 3. The second-order valence-electron chi connectivity index (χ2n) is 4.09. The molecule has 0 spiro atoms. The third-order valence-electron chi connectivity index (χ3n) is 2.68. The molecule has 4 heteroatoms. The van der Waals surface area contributed by atoms with Crippen molar-refractivity contribution in [2.24, 2.45) is 5.92 Å². The molecule has 1 aliphatic rings. The van der Waals surface area contributed by atoms with Crippen molar-refractivity contribution in [2.75, 3.05) is 39.3 Å². The van der Waals surface area contributed by atoms with E-state index >= 15 is 0 Å². The molecule has 0 saturated carbocycles. The molecule has 1 fully saturated rings. The minimum atomic E-state index is 0.238. The molecule has 1 aliphatic heterocycles. The van der Waals surface area contributed by atoms with Gasteiger partial charge in [0.05, 0.1) is 12.4 Å². The van der Waals surface area contributed by atoms with Crippen LogP contribution in [0.2, 0.25) is 0 Å². The summed E-state index contributed by atoms with van der Waals surface area (Å²) in [4.78, 5) is 4.38. The normalized spacial score (nSPS) is 19.0. The van der Waals surface area contributed by atoms with E-state index in [0.717, 1.165) is 38.6 Å². The zero-order valence-electron chi connectivity index (χ0n) is 9.16. The van der Waals surface area contributed by atoms with Crippen molar-refractivity contribution >= 4 is 5.84 Å². The number of nitrogens with zero attached hydrogens (tertiary/aromatic N) is 2. The predicted octanol–water partition coefficient (Wildman–Crippen LogP) is 0.230. The Hall–Kier alpha value is -0.610. The lowest BCUT2D eigenvalue weighted by atomic mass is 10.1. The average molecular weight is 199 g/mol. The average Bonchev–Trinajstić information content (AvgIpc) is 2.18. The summed E-state index contributed by atoms with van der Waals surface area (Å²) in [7, 11) is 0. The fraction of sp³-hybridized carbons (Fsp3) is 0.900. The first-order valence-corrected chi connectivity index (χ1v) is 5.31. The lowest BCUT2D eigenvalue weighted by Crippen LogP contribution is -2.50. The Labute approximate surface area is 86.0 Å². The van der Waals surface area contributed by atoms with Gasteiger partial charge in [-0.15, -0.1) is 0 Å². The highest BCUT2D eigenvalue weighted by atomic mass is 16.3. The molecule has 14 heavy (non-hydrogen) atoms. The Morgan fingerprint density at radius 2 is 1.86 bits per heavy atom. The SMILES string of the molecule is CC(C)C(=N)N1CCN(CCO)CC1. The highest BCUT2D eigenvalue weighted by molar-refractivity contribution is 5.81. The first kappa shape index (κ1) is 11.5. The summed E-state index contributed by atoms with van der Waals surface area (Å²) in [6, 6.07) is 0. The number of piperazine rings is 1. The third kappa shape index (κ3) is 2.96. The summed E-state index contributed by atoms with van der Waals surface area (Å²) in [6.45, 7) is 8.91. The molecule has 0 aromatic carbocycles. The van der Waals surface area contributed by atoms with Crippen LogP contribution in [0.1, 0.15) is 13.8 Å². The molecule has 82 valence electrons. The van der Waals surface area contributed by atoms with Gasteiger partial charge in [-0.05, 0) is 0 Å². The van der Waals surface area contributed by atoms with Crippen molar-refractivity contribution in [1.29, 1.82) is 5.41 Å². The molecule has 0 aromatic rings. The van der Waals surface area contributed by atoms with Gasteiger partial charge in [0, 0.05) is 38.6 Å². The molecular weight excluding hydrogens is 178 g/mol. The molecule has 0 atom stereocenters. The maximum atomic E-state index is 8.78. The smallest absolute Gasteiger partial charge is 0.0984 e. The van der Waals surface area contributed by atoms with Gasteiger partial charge >= 0.3 is 0 Å². The van der Waals surface area contributed by atoms with Crippen LogP contribution in [0.4, 0.5) is 0 Å². The third-order valence-corrected chi connectivity index (χ3v) is 2.68. The Balaban J connectivity index is 2.32. The number of amidine groups is 1. The molecule has 0 aliphatic carbocycles. The van der Waals surface area contributed by atoms with Crippen LogP contribution in [0, 0.1) is 11.3 Å². The van der Waals surface area contributed by atoms with Crippen LogP contribution in [0.3, 0.4) is 0 Å². The molecule has 0 radical (unpaired) electrons. The van der Waals surface area contributed by atoms with E-state index in [1.807, 2.05) is 0 Å².